The van der Waals surface area contributed by atoms with Crippen LogP contribution in [0, 0.1) is 12.7 Å². The summed E-state index contributed by atoms with van der Waals surface area (Å²) in [6.45, 7) is 1.57. The topological polar surface area (TPSA) is 56.3 Å². The van der Waals surface area contributed by atoms with Crippen molar-refractivity contribution < 1.29 is 17.5 Å². The largest absolute Gasteiger partial charge is 0.438 e. The summed E-state index contributed by atoms with van der Waals surface area (Å²) in [5.74, 6) is -0.249. The van der Waals surface area contributed by atoms with Gasteiger partial charge in [0.05, 0.1) is 0 Å². The molecule has 2 rings (SSSR count). The van der Waals surface area contributed by atoms with Gasteiger partial charge in [-0.15, -0.1) is 0 Å². The molecule has 7 heteroatoms. The number of rotatable bonds is 3. The molecule has 4 nitrogen and oxygen atoms in total. The zero-order valence-corrected chi connectivity index (χ0v) is 11.4. The van der Waals surface area contributed by atoms with Crippen molar-refractivity contribution in [2.45, 2.75) is 11.8 Å². The molecule has 0 fully saturated rings. The highest BCUT2D eigenvalue weighted by atomic mass is 35.7. The number of pyridine rings is 1. The number of hydrogen-bond donors (Lipinski definition) is 0. The first-order chi connectivity index (χ1) is 8.88. The Hall–Kier alpha value is -1.66. The van der Waals surface area contributed by atoms with Crippen LogP contribution in [0.15, 0.2) is 41.4 Å². The van der Waals surface area contributed by atoms with Gasteiger partial charge in [-0.1, -0.05) is 0 Å². The van der Waals surface area contributed by atoms with E-state index in [1.807, 2.05) is 0 Å². The van der Waals surface area contributed by atoms with E-state index in [2.05, 4.69) is 4.98 Å². The SMILES string of the molecule is Cc1cc(Oc2ncccc2S(=O)(=O)Cl)ccc1F. The van der Waals surface area contributed by atoms with Crippen LogP contribution in [0.5, 0.6) is 11.6 Å². The maximum atomic E-state index is 13.1. The number of aryl methyl sites for hydroxylation is 1. The molecule has 1 aromatic carbocycles. The number of benzene rings is 1. The van der Waals surface area contributed by atoms with Crippen LogP contribution in [-0.4, -0.2) is 13.4 Å². The van der Waals surface area contributed by atoms with Crippen LogP contribution in [0.1, 0.15) is 5.56 Å². The second kappa shape index (κ2) is 5.14. The van der Waals surface area contributed by atoms with Crippen molar-refractivity contribution >= 4 is 19.7 Å². The van der Waals surface area contributed by atoms with Gasteiger partial charge in [0, 0.05) is 16.9 Å². The van der Waals surface area contributed by atoms with Gasteiger partial charge >= 0.3 is 0 Å². The van der Waals surface area contributed by atoms with E-state index in [0.29, 0.717) is 5.56 Å². The molecule has 0 aliphatic heterocycles. The second-order valence-corrected chi connectivity index (χ2v) is 6.29. The fourth-order valence-electron chi connectivity index (χ4n) is 1.43. The normalized spacial score (nSPS) is 11.3. The molecule has 2 aromatic rings. The first-order valence-corrected chi connectivity index (χ1v) is 7.52. The maximum Gasteiger partial charge on any atom is 0.266 e. The van der Waals surface area contributed by atoms with Crippen LogP contribution in [-0.2, 0) is 9.05 Å². The molecule has 0 N–H and O–H groups in total. The van der Waals surface area contributed by atoms with Crippen LogP contribution in [0.2, 0.25) is 0 Å². The molecule has 0 aliphatic rings. The molecule has 0 aliphatic carbocycles. The number of ether oxygens (including phenoxy) is 1. The quantitative estimate of drug-likeness (QED) is 0.817. The highest BCUT2D eigenvalue weighted by Crippen LogP contribution is 2.29. The molecule has 19 heavy (non-hydrogen) atoms. The summed E-state index contributed by atoms with van der Waals surface area (Å²) in [4.78, 5) is 3.58. The Morgan fingerprint density at radius 3 is 2.68 bits per heavy atom. The smallest absolute Gasteiger partial charge is 0.266 e. The van der Waals surface area contributed by atoms with E-state index in [-0.39, 0.29) is 22.3 Å². The van der Waals surface area contributed by atoms with E-state index in [4.69, 9.17) is 15.4 Å². The second-order valence-electron chi connectivity index (χ2n) is 3.76. The van der Waals surface area contributed by atoms with E-state index in [1.165, 1.54) is 36.5 Å². The monoisotopic (exact) mass is 301 g/mol. The minimum absolute atomic E-state index is 0.150. The van der Waals surface area contributed by atoms with Crippen LogP contribution in [0.3, 0.4) is 0 Å². The van der Waals surface area contributed by atoms with Crippen molar-refractivity contribution in [2.75, 3.05) is 0 Å². The van der Waals surface area contributed by atoms with E-state index in [9.17, 15) is 12.8 Å². The summed E-state index contributed by atoms with van der Waals surface area (Å²) in [6, 6.07) is 6.75. The minimum atomic E-state index is -3.96. The Morgan fingerprint density at radius 2 is 2.05 bits per heavy atom. The van der Waals surface area contributed by atoms with Gasteiger partial charge in [0.1, 0.15) is 16.5 Å². The highest BCUT2D eigenvalue weighted by Gasteiger charge is 2.18. The molecule has 0 spiro atoms. The molecule has 1 heterocycles. The molecule has 0 unspecified atom stereocenters. The first kappa shape index (κ1) is 13.8. The van der Waals surface area contributed by atoms with E-state index in [1.54, 1.807) is 6.92 Å². The van der Waals surface area contributed by atoms with Gasteiger partial charge in [0.15, 0.2) is 0 Å². The van der Waals surface area contributed by atoms with Gasteiger partial charge in [-0.3, -0.25) is 0 Å². The highest BCUT2D eigenvalue weighted by molar-refractivity contribution is 8.13. The molecule has 0 saturated heterocycles. The number of aromatic nitrogens is 1. The average molecular weight is 302 g/mol. The molecular formula is C12H9ClFNO3S. The zero-order chi connectivity index (χ0) is 14.0. The van der Waals surface area contributed by atoms with Gasteiger partial charge < -0.3 is 4.74 Å². The first-order valence-electron chi connectivity index (χ1n) is 5.21. The summed E-state index contributed by atoms with van der Waals surface area (Å²) in [6.07, 6.45) is 1.37. The summed E-state index contributed by atoms with van der Waals surface area (Å²) in [5.41, 5.74) is 0.378. The van der Waals surface area contributed by atoms with Gasteiger partial charge in [-0.2, -0.15) is 0 Å². The van der Waals surface area contributed by atoms with Crippen LogP contribution in [0.25, 0.3) is 0 Å². The van der Waals surface area contributed by atoms with Crippen molar-refractivity contribution in [1.29, 1.82) is 0 Å². The summed E-state index contributed by atoms with van der Waals surface area (Å²) >= 11 is 0. The maximum absolute atomic E-state index is 13.1. The van der Waals surface area contributed by atoms with Gasteiger partial charge in [-0.25, -0.2) is 17.8 Å². The lowest BCUT2D eigenvalue weighted by Crippen LogP contribution is -1.98. The predicted molar refractivity (Wildman–Crippen MR) is 68.5 cm³/mol. The summed E-state index contributed by atoms with van der Waals surface area (Å²) < 4.78 is 41.1. The zero-order valence-electron chi connectivity index (χ0n) is 9.80. The number of nitrogens with zero attached hydrogens (tertiary/aromatic N) is 1. The van der Waals surface area contributed by atoms with E-state index >= 15 is 0 Å². The van der Waals surface area contributed by atoms with Crippen LogP contribution in [0.4, 0.5) is 4.39 Å². The Morgan fingerprint density at radius 1 is 1.32 bits per heavy atom. The Labute approximate surface area is 114 Å². The molecule has 1 aromatic heterocycles. The molecular weight excluding hydrogens is 293 g/mol. The molecule has 0 amide bonds. The van der Waals surface area contributed by atoms with Crippen LogP contribution >= 0.6 is 10.7 Å². The van der Waals surface area contributed by atoms with Gasteiger partial charge in [-0.05, 0) is 42.8 Å². The summed E-state index contributed by atoms with van der Waals surface area (Å²) in [5, 5.41) is 0. The van der Waals surface area contributed by atoms with Crippen molar-refractivity contribution in [3.05, 3.63) is 47.9 Å². The molecule has 0 bridgehead atoms. The minimum Gasteiger partial charge on any atom is -0.438 e. The Kier molecular flexibility index (Phi) is 3.73. The van der Waals surface area contributed by atoms with Gasteiger partial charge in [0.25, 0.3) is 9.05 Å². The third-order valence-electron chi connectivity index (χ3n) is 2.34. The third-order valence-corrected chi connectivity index (χ3v) is 3.68. The summed E-state index contributed by atoms with van der Waals surface area (Å²) in [7, 11) is 1.32. The molecule has 100 valence electrons. The average Bonchev–Trinajstić information content (AvgIpc) is 2.33. The lowest BCUT2D eigenvalue weighted by Gasteiger charge is -2.08. The van der Waals surface area contributed by atoms with Crippen molar-refractivity contribution in [2.24, 2.45) is 0 Å². The van der Waals surface area contributed by atoms with Gasteiger partial charge in [0.2, 0.25) is 5.88 Å². The fourth-order valence-corrected chi connectivity index (χ4v) is 2.33. The molecule has 0 atom stereocenters. The van der Waals surface area contributed by atoms with Crippen molar-refractivity contribution in [1.82, 2.24) is 4.98 Å². The predicted octanol–water partition coefficient (Wildman–Crippen LogP) is 3.25. The van der Waals surface area contributed by atoms with Crippen LogP contribution < -0.4 is 4.74 Å². The third kappa shape index (κ3) is 3.21. The van der Waals surface area contributed by atoms with Crippen molar-refractivity contribution in [3.8, 4) is 11.6 Å². The van der Waals surface area contributed by atoms with Crippen molar-refractivity contribution in [3.63, 3.8) is 0 Å². The molecule has 0 saturated carbocycles. The standard InChI is InChI=1S/C12H9ClFNO3S/c1-8-7-9(4-5-10(8)14)18-12-11(19(13,16)17)3-2-6-15-12/h2-7H,1H3. The molecule has 0 radical (unpaired) electrons. The lowest BCUT2D eigenvalue weighted by molar-refractivity contribution is 0.446. The number of halogens is 2. The Bertz CT molecular complexity index is 719. The Balaban J connectivity index is 2.41. The number of hydrogen-bond acceptors (Lipinski definition) is 4. The lowest BCUT2D eigenvalue weighted by atomic mass is 10.2. The fraction of sp³-hybridized carbons (Fsp3) is 0.0833. The van der Waals surface area contributed by atoms with E-state index < -0.39 is 9.05 Å². The van der Waals surface area contributed by atoms with E-state index in [0.717, 1.165) is 0 Å².